The Hall–Kier alpha value is -1.55. The van der Waals surface area contributed by atoms with E-state index in [0.29, 0.717) is 6.54 Å². The molecule has 1 heterocycles. The highest BCUT2D eigenvalue weighted by molar-refractivity contribution is 5.99. The second-order valence-electron chi connectivity index (χ2n) is 7.31. The zero-order chi connectivity index (χ0) is 16.8. The lowest BCUT2D eigenvalue weighted by atomic mass is 10.0. The molecule has 1 amide bonds. The predicted molar refractivity (Wildman–Crippen MR) is 97.3 cm³/mol. The van der Waals surface area contributed by atoms with Crippen LogP contribution in [-0.4, -0.2) is 41.7 Å². The molecular formula is C20H30N2O2. The number of β-amino-alcohol motifs (C(OH)–C–C–N with tert-alkyl or cyclic N) is 1. The van der Waals surface area contributed by atoms with Crippen molar-refractivity contribution in [2.45, 2.75) is 57.5 Å². The molecule has 132 valence electrons. The molecule has 1 saturated heterocycles. The number of anilines is 1. The van der Waals surface area contributed by atoms with Crippen molar-refractivity contribution in [2.75, 3.05) is 25.0 Å². The van der Waals surface area contributed by atoms with Crippen LogP contribution in [0.15, 0.2) is 24.3 Å². The molecule has 1 aromatic rings. The zero-order valence-corrected chi connectivity index (χ0v) is 14.5. The van der Waals surface area contributed by atoms with Crippen LogP contribution in [0.1, 0.15) is 61.7 Å². The molecule has 1 aliphatic heterocycles. The molecule has 1 unspecified atom stereocenters. The highest BCUT2D eigenvalue weighted by atomic mass is 16.3. The lowest BCUT2D eigenvalue weighted by Crippen LogP contribution is -2.42. The van der Waals surface area contributed by atoms with Gasteiger partial charge in [-0.15, -0.1) is 0 Å². The van der Waals surface area contributed by atoms with Gasteiger partial charge in [-0.3, -0.25) is 4.79 Å². The van der Waals surface area contributed by atoms with Gasteiger partial charge in [-0.05, 0) is 43.7 Å². The maximum Gasteiger partial charge on any atom is 0.256 e. The zero-order valence-electron chi connectivity index (χ0n) is 14.5. The fourth-order valence-electron chi connectivity index (χ4n) is 4.05. The molecule has 4 nitrogen and oxygen atoms in total. The fraction of sp³-hybridized carbons (Fsp3) is 0.650. The second kappa shape index (κ2) is 8.52. The highest BCUT2D eigenvalue weighted by Gasteiger charge is 2.24. The van der Waals surface area contributed by atoms with Crippen molar-refractivity contribution in [3.63, 3.8) is 0 Å². The molecule has 0 bridgehead atoms. The molecule has 1 atom stereocenters. The summed E-state index contributed by atoms with van der Waals surface area (Å²) in [4.78, 5) is 14.6. The molecular weight excluding hydrogens is 300 g/mol. The van der Waals surface area contributed by atoms with E-state index in [1.807, 2.05) is 24.3 Å². The van der Waals surface area contributed by atoms with Gasteiger partial charge in [0.1, 0.15) is 0 Å². The lowest BCUT2D eigenvalue weighted by Gasteiger charge is -2.30. The number of aliphatic hydroxyl groups is 1. The van der Waals surface area contributed by atoms with Crippen LogP contribution in [0.2, 0.25) is 0 Å². The smallest absolute Gasteiger partial charge is 0.256 e. The number of piperidine rings is 1. The van der Waals surface area contributed by atoms with E-state index in [0.717, 1.165) is 49.5 Å². The minimum atomic E-state index is -0.380. The Morgan fingerprint density at radius 2 is 1.96 bits per heavy atom. The van der Waals surface area contributed by atoms with Gasteiger partial charge in [0.05, 0.1) is 11.7 Å². The van der Waals surface area contributed by atoms with Crippen molar-refractivity contribution >= 4 is 11.6 Å². The van der Waals surface area contributed by atoms with Crippen LogP contribution in [0.5, 0.6) is 0 Å². The number of nitrogens with zero attached hydrogens (tertiary/aromatic N) is 1. The first-order valence-corrected chi connectivity index (χ1v) is 9.54. The number of carbonyl (C=O) groups excluding carboxylic acids is 1. The number of carbonyl (C=O) groups is 1. The number of amides is 1. The largest absolute Gasteiger partial charge is 0.391 e. The van der Waals surface area contributed by atoms with E-state index in [-0.39, 0.29) is 12.0 Å². The van der Waals surface area contributed by atoms with Crippen LogP contribution in [0.3, 0.4) is 0 Å². The van der Waals surface area contributed by atoms with Crippen molar-refractivity contribution in [3.05, 3.63) is 29.8 Å². The van der Waals surface area contributed by atoms with E-state index in [2.05, 4.69) is 5.32 Å². The number of hydrogen-bond donors (Lipinski definition) is 2. The molecule has 24 heavy (non-hydrogen) atoms. The van der Waals surface area contributed by atoms with Crippen molar-refractivity contribution in [2.24, 2.45) is 5.92 Å². The van der Waals surface area contributed by atoms with Crippen LogP contribution in [-0.2, 0) is 0 Å². The van der Waals surface area contributed by atoms with Gasteiger partial charge < -0.3 is 15.3 Å². The second-order valence-corrected chi connectivity index (χ2v) is 7.31. The minimum absolute atomic E-state index is 0.0349. The topological polar surface area (TPSA) is 52.6 Å². The molecule has 1 aromatic carbocycles. The average Bonchev–Trinajstić information content (AvgIpc) is 3.12. The van der Waals surface area contributed by atoms with Gasteiger partial charge in [-0.25, -0.2) is 0 Å². The van der Waals surface area contributed by atoms with Crippen LogP contribution < -0.4 is 5.32 Å². The minimum Gasteiger partial charge on any atom is -0.391 e. The van der Waals surface area contributed by atoms with Crippen LogP contribution in [0.25, 0.3) is 0 Å². The quantitative estimate of drug-likeness (QED) is 0.783. The molecule has 2 aliphatic rings. The van der Waals surface area contributed by atoms with Crippen molar-refractivity contribution in [3.8, 4) is 0 Å². The van der Waals surface area contributed by atoms with Crippen molar-refractivity contribution in [1.29, 1.82) is 0 Å². The Kier molecular flexibility index (Phi) is 6.13. The van der Waals surface area contributed by atoms with Gasteiger partial charge in [0.25, 0.3) is 5.91 Å². The third-order valence-corrected chi connectivity index (χ3v) is 5.42. The summed E-state index contributed by atoms with van der Waals surface area (Å²) < 4.78 is 0. The summed E-state index contributed by atoms with van der Waals surface area (Å²) >= 11 is 0. The monoisotopic (exact) mass is 330 g/mol. The third kappa shape index (κ3) is 4.50. The molecule has 2 N–H and O–H groups in total. The summed E-state index contributed by atoms with van der Waals surface area (Å²) in [6, 6.07) is 7.77. The molecule has 0 aromatic heterocycles. The fourth-order valence-corrected chi connectivity index (χ4v) is 4.05. The number of benzene rings is 1. The van der Waals surface area contributed by atoms with Gasteiger partial charge in [0, 0.05) is 25.3 Å². The predicted octanol–water partition coefficient (Wildman–Crippen LogP) is 3.67. The normalized spacial score (nSPS) is 21.9. The summed E-state index contributed by atoms with van der Waals surface area (Å²) in [5, 5.41) is 13.3. The Bertz CT molecular complexity index is 540. The summed E-state index contributed by atoms with van der Waals surface area (Å²) in [5.74, 6) is 0.950. The molecule has 0 radical (unpaired) electrons. The Morgan fingerprint density at radius 3 is 2.75 bits per heavy atom. The van der Waals surface area contributed by atoms with E-state index in [1.165, 1.54) is 32.1 Å². The molecule has 4 heteroatoms. The third-order valence-electron chi connectivity index (χ3n) is 5.42. The maximum absolute atomic E-state index is 12.8. The number of likely N-dealkylation sites (tertiary alicyclic amines) is 1. The summed E-state index contributed by atoms with van der Waals surface area (Å²) in [6.07, 6.45) is 9.34. The van der Waals surface area contributed by atoms with Crippen LogP contribution in [0, 0.1) is 5.92 Å². The summed E-state index contributed by atoms with van der Waals surface area (Å²) in [6.45, 7) is 2.12. The first-order chi connectivity index (χ1) is 11.7. The standard InChI is InChI=1S/C20H30N2O2/c23-17-10-6-14-22(15-17)20(24)18-11-3-4-12-19(18)21-13-5-9-16-7-1-2-8-16/h3-4,11-12,16-17,21,23H,1-2,5-10,13-15H2. The molecule has 1 saturated carbocycles. The van der Waals surface area contributed by atoms with Crippen LogP contribution >= 0.6 is 0 Å². The van der Waals surface area contributed by atoms with Gasteiger partial charge in [0.2, 0.25) is 0 Å². The van der Waals surface area contributed by atoms with Crippen molar-refractivity contribution in [1.82, 2.24) is 4.90 Å². The lowest BCUT2D eigenvalue weighted by molar-refractivity contribution is 0.0474. The van der Waals surface area contributed by atoms with E-state index < -0.39 is 0 Å². The van der Waals surface area contributed by atoms with E-state index >= 15 is 0 Å². The van der Waals surface area contributed by atoms with Gasteiger partial charge in [0.15, 0.2) is 0 Å². The maximum atomic E-state index is 12.8. The van der Waals surface area contributed by atoms with E-state index in [1.54, 1.807) is 4.90 Å². The molecule has 3 rings (SSSR count). The van der Waals surface area contributed by atoms with Gasteiger partial charge >= 0.3 is 0 Å². The number of rotatable bonds is 6. The Morgan fingerprint density at radius 1 is 1.17 bits per heavy atom. The number of para-hydroxylation sites is 1. The highest BCUT2D eigenvalue weighted by Crippen LogP contribution is 2.28. The summed E-state index contributed by atoms with van der Waals surface area (Å²) in [7, 11) is 0. The summed E-state index contributed by atoms with van der Waals surface area (Å²) in [5.41, 5.74) is 1.65. The first kappa shape index (κ1) is 17.3. The number of hydrogen-bond acceptors (Lipinski definition) is 3. The number of nitrogens with one attached hydrogen (secondary N) is 1. The van der Waals surface area contributed by atoms with Crippen LogP contribution in [0.4, 0.5) is 5.69 Å². The van der Waals surface area contributed by atoms with Crippen molar-refractivity contribution < 1.29 is 9.90 Å². The Labute approximate surface area is 145 Å². The SMILES string of the molecule is O=C(c1ccccc1NCCCC1CCCC1)N1CCCC(O)C1. The average molecular weight is 330 g/mol. The van der Waals surface area contributed by atoms with Gasteiger partial charge in [-0.2, -0.15) is 0 Å². The van der Waals surface area contributed by atoms with E-state index in [4.69, 9.17) is 0 Å². The number of aliphatic hydroxyl groups excluding tert-OH is 1. The molecule has 1 aliphatic carbocycles. The Balaban J connectivity index is 1.54. The molecule has 0 spiro atoms. The first-order valence-electron chi connectivity index (χ1n) is 9.54. The molecule has 2 fully saturated rings. The van der Waals surface area contributed by atoms with E-state index in [9.17, 15) is 9.90 Å². The van der Waals surface area contributed by atoms with Gasteiger partial charge in [-0.1, -0.05) is 37.8 Å².